The van der Waals surface area contributed by atoms with Crippen LogP contribution in [0.5, 0.6) is 11.5 Å². The number of aromatic nitrogens is 2. The topological polar surface area (TPSA) is 95.3 Å². The van der Waals surface area contributed by atoms with Gasteiger partial charge in [0.25, 0.3) is 5.91 Å². The van der Waals surface area contributed by atoms with E-state index in [4.69, 9.17) is 5.11 Å². The maximum Gasteiger partial charge on any atom is 0.251 e. The minimum absolute atomic E-state index is 0.244. The third-order valence-corrected chi connectivity index (χ3v) is 2.30. The van der Waals surface area contributed by atoms with Crippen molar-refractivity contribution in [3.8, 4) is 11.5 Å². The molecule has 0 unspecified atom stereocenters. The highest BCUT2D eigenvalue weighted by Crippen LogP contribution is 2.24. The minimum Gasteiger partial charge on any atom is -0.504 e. The summed E-state index contributed by atoms with van der Waals surface area (Å²) in [5.74, 6) is -0.960. The fourth-order valence-corrected chi connectivity index (χ4v) is 1.37. The number of benzene rings is 1. The summed E-state index contributed by atoms with van der Waals surface area (Å²) in [4.78, 5) is 11.7. The fourth-order valence-electron chi connectivity index (χ4n) is 1.37. The number of hydrogen-bond donors (Lipinski definition) is 3. The van der Waals surface area contributed by atoms with Crippen molar-refractivity contribution in [1.82, 2.24) is 15.5 Å². The van der Waals surface area contributed by atoms with Gasteiger partial charge in [-0.25, -0.2) is 0 Å². The van der Waals surface area contributed by atoms with Crippen LogP contribution in [-0.4, -0.2) is 26.3 Å². The van der Waals surface area contributed by atoms with Gasteiger partial charge in [-0.05, 0) is 30.3 Å². The molecule has 0 radical (unpaired) electrons. The quantitative estimate of drug-likeness (QED) is 0.696. The summed E-state index contributed by atoms with van der Waals surface area (Å²) in [6, 6.07) is 7.33. The van der Waals surface area contributed by atoms with E-state index in [9.17, 15) is 9.90 Å². The van der Waals surface area contributed by atoms with Crippen LogP contribution in [0.25, 0.3) is 0 Å². The normalized spacial score (nSPS) is 10.0. The van der Waals surface area contributed by atoms with Gasteiger partial charge >= 0.3 is 0 Å². The standard InChI is InChI=1S/C12H11N3O3/c16-10-4-3-8(6-11(10)17)12(18)13-7-9-2-1-5-14-15-9/h1-6,16-17H,7H2,(H,13,18). The molecule has 6 nitrogen and oxygen atoms in total. The number of nitrogens with zero attached hydrogens (tertiary/aromatic N) is 2. The maximum atomic E-state index is 11.7. The molecule has 0 aliphatic heterocycles. The average Bonchev–Trinajstić information content (AvgIpc) is 2.40. The summed E-state index contributed by atoms with van der Waals surface area (Å²) >= 11 is 0. The molecule has 92 valence electrons. The molecule has 0 spiro atoms. The highest BCUT2D eigenvalue weighted by atomic mass is 16.3. The number of nitrogens with one attached hydrogen (secondary N) is 1. The van der Waals surface area contributed by atoms with Crippen LogP contribution < -0.4 is 5.32 Å². The molecule has 0 saturated carbocycles. The second kappa shape index (κ2) is 5.13. The molecule has 1 aromatic carbocycles. The van der Waals surface area contributed by atoms with Crippen LogP contribution in [0.3, 0.4) is 0 Å². The Bertz CT molecular complexity index is 558. The molecule has 1 heterocycles. The first kappa shape index (κ1) is 11.8. The Hall–Kier alpha value is -2.63. The SMILES string of the molecule is O=C(NCc1cccnn1)c1ccc(O)c(O)c1. The van der Waals surface area contributed by atoms with Crippen LogP contribution in [0.4, 0.5) is 0 Å². The summed E-state index contributed by atoms with van der Waals surface area (Å²) in [5.41, 5.74) is 0.892. The predicted molar refractivity (Wildman–Crippen MR) is 63.0 cm³/mol. The number of carbonyl (C=O) groups excluding carboxylic acids is 1. The molecule has 18 heavy (non-hydrogen) atoms. The van der Waals surface area contributed by atoms with Crippen molar-refractivity contribution in [1.29, 1.82) is 0 Å². The second-order valence-electron chi connectivity index (χ2n) is 3.60. The number of phenols is 2. The van der Waals surface area contributed by atoms with Gasteiger partial charge in [0.15, 0.2) is 11.5 Å². The van der Waals surface area contributed by atoms with Gasteiger partial charge in [0, 0.05) is 11.8 Å². The summed E-state index contributed by atoms with van der Waals surface area (Å²) < 4.78 is 0. The van der Waals surface area contributed by atoms with E-state index in [-0.39, 0.29) is 29.5 Å². The first-order valence-electron chi connectivity index (χ1n) is 5.23. The van der Waals surface area contributed by atoms with Gasteiger partial charge in [-0.2, -0.15) is 10.2 Å². The Kier molecular flexibility index (Phi) is 3.38. The van der Waals surface area contributed by atoms with Crippen LogP contribution in [0.15, 0.2) is 36.5 Å². The van der Waals surface area contributed by atoms with Crippen molar-refractivity contribution in [2.75, 3.05) is 0 Å². The lowest BCUT2D eigenvalue weighted by Gasteiger charge is -2.05. The van der Waals surface area contributed by atoms with Crippen molar-refractivity contribution in [2.45, 2.75) is 6.54 Å². The monoisotopic (exact) mass is 245 g/mol. The van der Waals surface area contributed by atoms with Crippen LogP contribution in [-0.2, 0) is 6.54 Å². The number of aromatic hydroxyl groups is 2. The molecule has 0 saturated heterocycles. The molecule has 0 aliphatic rings. The van der Waals surface area contributed by atoms with Gasteiger partial charge in [-0.3, -0.25) is 4.79 Å². The van der Waals surface area contributed by atoms with Gasteiger partial charge in [-0.1, -0.05) is 0 Å². The molecule has 0 aliphatic carbocycles. The third kappa shape index (κ3) is 2.73. The smallest absolute Gasteiger partial charge is 0.251 e. The number of amides is 1. The highest BCUT2D eigenvalue weighted by Gasteiger charge is 2.08. The van der Waals surface area contributed by atoms with Crippen molar-refractivity contribution in [2.24, 2.45) is 0 Å². The van der Waals surface area contributed by atoms with Gasteiger partial charge in [-0.15, -0.1) is 0 Å². The summed E-state index contributed by atoms with van der Waals surface area (Å²) in [6.45, 7) is 0.244. The zero-order valence-corrected chi connectivity index (χ0v) is 9.37. The maximum absolute atomic E-state index is 11.7. The van der Waals surface area contributed by atoms with Crippen molar-refractivity contribution >= 4 is 5.91 Å². The van der Waals surface area contributed by atoms with Crippen LogP contribution in [0, 0.1) is 0 Å². The Labute approximate surface area is 103 Å². The van der Waals surface area contributed by atoms with Crippen LogP contribution in [0.2, 0.25) is 0 Å². The van der Waals surface area contributed by atoms with E-state index in [1.165, 1.54) is 18.2 Å². The first-order valence-corrected chi connectivity index (χ1v) is 5.23. The number of hydrogen-bond acceptors (Lipinski definition) is 5. The Balaban J connectivity index is 2.02. The molecule has 2 aromatic rings. The van der Waals surface area contributed by atoms with Crippen molar-refractivity contribution < 1.29 is 15.0 Å². The van der Waals surface area contributed by atoms with Crippen molar-refractivity contribution in [3.05, 3.63) is 47.8 Å². The van der Waals surface area contributed by atoms with E-state index < -0.39 is 0 Å². The molecule has 6 heteroatoms. The Morgan fingerprint density at radius 2 is 2.06 bits per heavy atom. The predicted octanol–water partition coefficient (Wildman–Crippen LogP) is 0.818. The number of phenolic OH excluding ortho intramolecular Hbond substituents is 2. The molecule has 3 N–H and O–H groups in total. The molecular formula is C12H11N3O3. The number of rotatable bonds is 3. The molecule has 2 rings (SSSR count). The van der Waals surface area contributed by atoms with E-state index in [0.29, 0.717) is 5.69 Å². The van der Waals surface area contributed by atoms with Crippen LogP contribution >= 0.6 is 0 Å². The molecule has 1 aromatic heterocycles. The fraction of sp³-hybridized carbons (Fsp3) is 0.0833. The molecular weight excluding hydrogens is 234 g/mol. The Morgan fingerprint density at radius 3 is 2.72 bits per heavy atom. The van der Waals surface area contributed by atoms with Crippen molar-refractivity contribution in [3.63, 3.8) is 0 Å². The Morgan fingerprint density at radius 1 is 1.22 bits per heavy atom. The zero-order valence-electron chi connectivity index (χ0n) is 9.37. The lowest BCUT2D eigenvalue weighted by molar-refractivity contribution is 0.0950. The third-order valence-electron chi connectivity index (χ3n) is 2.30. The molecule has 0 fully saturated rings. The number of carbonyl (C=O) groups is 1. The second-order valence-corrected chi connectivity index (χ2v) is 3.60. The van der Waals surface area contributed by atoms with Gasteiger partial charge < -0.3 is 15.5 Å². The first-order chi connectivity index (χ1) is 8.66. The minimum atomic E-state index is -0.365. The molecule has 0 atom stereocenters. The summed E-state index contributed by atoms with van der Waals surface area (Å²) in [7, 11) is 0. The highest BCUT2D eigenvalue weighted by molar-refractivity contribution is 5.94. The van der Waals surface area contributed by atoms with E-state index in [1.54, 1.807) is 18.3 Å². The average molecular weight is 245 g/mol. The summed E-state index contributed by atoms with van der Waals surface area (Å²) in [6.07, 6.45) is 1.54. The van der Waals surface area contributed by atoms with Gasteiger partial charge in [0.1, 0.15) is 0 Å². The van der Waals surface area contributed by atoms with Gasteiger partial charge in [0.2, 0.25) is 0 Å². The van der Waals surface area contributed by atoms with E-state index in [0.717, 1.165) is 0 Å². The van der Waals surface area contributed by atoms with Gasteiger partial charge in [0.05, 0.1) is 12.2 Å². The lowest BCUT2D eigenvalue weighted by atomic mass is 10.2. The largest absolute Gasteiger partial charge is 0.504 e. The van der Waals surface area contributed by atoms with E-state index in [1.807, 2.05) is 0 Å². The van der Waals surface area contributed by atoms with E-state index in [2.05, 4.69) is 15.5 Å². The van der Waals surface area contributed by atoms with E-state index >= 15 is 0 Å². The zero-order chi connectivity index (χ0) is 13.0. The lowest BCUT2D eigenvalue weighted by Crippen LogP contribution is -2.23. The summed E-state index contributed by atoms with van der Waals surface area (Å²) in [5, 5.41) is 28.6. The molecule has 1 amide bonds. The molecule has 0 bridgehead atoms. The van der Waals surface area contributed by atoms with Crippen LogP contribution in [0.1, 0.15) is 16.1 Å².